The third-order valence-corrected chi connectivity index (χ3v) is 2.79. The molecule has 0 spiro atoms. The van der Waals surface area contributed by atoms with Gasteiger partial charge in [-0.15, -0.1) is 0 Å². The highest BCUT2D eigenvalue weighted by molar-refractivity contribution is 5.89. The molecule has 0 aliphatic rings. The number of carboxylic acids is 1. The zero-order valence-electron chi connectivity index (χ0n) is 12.2. The second kappa shape index (κ2) is 9.77. The van der Waals surface area contributed by atoms with Crippen LogP contribution in [0.1, 0.15) is 25.3 Å². The molecule has 1 rings (SSSR count). The highest BCUT2D eigenvalue weighted by Crippen LogP contribution is 2.11. The van der Waals surface area contributed by atoms with Crippen LogP contribution in [0.2, 0.25) is 0 Å². The number of hydrogen-bond donors (Lipinski definition) is 3. The van der Waals surface area contributed by atoms with E-state index in [1.807, 2.05) is 24.3 Å². The van der Waals surface area contributed by atoms with E-state index in [4.69, 9.17) is 9.84 Å². The molecule has 0 atom stereocenters. The van der Waals surface area contributed by atoms with Crippen LogP contribution >= 0.6 is 0 Å². The van der Waals surface area contributed by atoms with Crippen LogP contribution in [0.15, 0.2) is 24.3 Å². The number of urea groups is 1. The molecule has 6 heteroatoms. The lowest BCUT2D eigenvalue weighted by Crippen LogP contribution is -2.31. The Kier molecular flexibility index (Phi) is 7.89. The van der Waals surface area contributed by atoms with Crippen molar-refractivity contribution in [1.29, 1.82) is 0 Å². The summed E-state index contributed by atoms with van der Waals surface area (Å²) in [5.74, 6) is -1.03. The minimum atomic E-state index is -1.03. The third kappa shape index (κ3) is 7.94. The number of hydrogen-bond acceptors (Lipinski definition) is 3. The van der Waals surface area contributed by atoms with Crippen molar-refractivity contribution in [3.63, 3.8) is 0 Å². The Balaban J connectivity index is 2.23. The molecule has 0 fully saturated rings. The van der Waals surface area contributed by atoms with E-state index in [0.717, 1.165) is 24.9 Å². The van der Waals surface area contributed by atoms with E-state index in [1.165, 1.54) is 5.56 Å². The molecule has 3 N–H and O–H groups in total. The van der Waals surface area contributed by atoms with E-state index >= 15 is 0 Å². The van der Waals surface area contributed by atoms with Gasteiger partial charge in [0.05, 0.1) is 6.61 Å². The van der Waals surface area contributed by atoms with Gasteiger partial charge >= 0.3 is 12.0 Å². The third-order valence-electron chi connectivity index (χ3n) is 2.79. The van der Waals surface area contributed by atoms with Crippen molar-refractivity contribution in [3.8, 4) is 0 Å². The molecule has 1 aromatic carbocycles. The van der Waals surface area contributed by atoms with Gasteiger partial charge in [0.2, 0.25) is 0 Å². The number of benzene rings is 1. The first kappa shape index (κ1) is 17.0. The van der Waals surface area contributed by atoms with Crippen molar-refractivity contribution in [2.45, 2.75) is 26.2 Å². The molecule has 0 aliphatic heterocycles. The number of amides is 2. The lowest BCUT2D eigenvalue weighted by atomic mass is 10.1. The van der Waals surface area contributed by atoms with Gasteiger partial charge in [0.25, 0.3) is 0 Å². The Labute approximate surface area is 124 Å². The molecule has 2 amide bonds. The first-order valence-corrected chi connectivity index (χ1v) is 7.05. The average molecular weight is 294 g/mol. The van der Waals surface area contributed by atoms with Crippen LogP contribution in [0.3, 0.4) is 0 Å². The zero-order chi connectivity index (χ0) is 15.5. The van der Waals surface area contributed by atoms with Crippen LogP contribution in [0, 0.1) is 0 Å². The van der Waals surface area contributed by atoms with Crippen molar-refractivity contribution >= 4 is 17.7 Å². The van der Waals surface area contributed by atoms with Crippen molar-refractivity contribution in [3.05, 3.63) is 29.8 Å². The Morgan fingerprint density at radius 2 is 1.95 bits per heavy atom. The number of carboxylic acid groups (broad SMARTS) is 1. The first-order valence-electron chi connectivity index (χ1n) is 7.05. The van der Waals surface area contributed by atoms with E-state index in [2.05, 4.69) is 17.6 Å². The second-order valence-electron chi connectivity index (χ2n) is 4.63. The van der Waals surface area contributed by atoms with Crippen LogP contribution in [-0.2, 0) is 16.0 Å². The van der Waals surface area contributed by atoms with Gasteiger partial charge in [-0.05, 0) is 30.5 Å². The second-order valence-corrected chi connectivity index (χ2v) is 4.63. The predicted octanol–water partition coefficient (Wildman–Crippen LogP) is 2.25. The van der Waals surface area contributed by atoms with E-state index < -0.39 is 5.97 Å². The summed E-state index contributed by atoms with van der Waals surface area (Å²) in [5, 5.41) is 13.7. The number of carbonyl (C=O) groups excluding carboxylic acids is 1. The molecule has 0 bridgehead atoms. The van der Waals surface area contributed by atoms with Gasteiger partial charge in [0.1, 0.15) is 6.61 Å². The number of rotatable bonds is 9. The molecule has 0 heterocycles. The number of carbonyl (C=O) groups is 2. The molecule has 0 radical (unpaired) electrons. The standard InChI is InChI=1S/C15H22N2O4/c1-2-3-4-12-5-7-13(8-6-12)17-15(20)16-9-10-21-11-14(18)19/h5-8H,2-4,9-11H2,1H3,(H,18,19)(H2,16,17,20). The summed E-state index contributed by atoms with van der Waals surface area (Å²) in [4.78, 5) is 21.8. The summed E-state index contributed by atoms with van der Waals surface area (Å²) in [6, 6.07) is 7.40. The topological polar surface area (TPSA) is 87.7 Å². The van der Waals surface area contributed by atoms with Crippen LogP contribution < -0.4 is 10.6 Å². The fourth-order valence-electron chi connectivity index (χ4n) is 1.71. The minimum absolute atomic E-state index is 0.162. The maximum Gasteiger partial charge on any atom is 0.329 e. The van der Waals surface area contributed by atoms with Crippen LogP contribution in [-0.4, -0.2) is 36.9 Å². The van der Waals surface area contributed by atoms with Crippen molar-refractivity contribution in [2.75, 3.05) is 25.1 Å². The lowest BCUT2D eigenvalue weighted by molar-refractivity contribution is -0.142. The molecular weight excluding hydrogens is 272 g/mol. The smallest absolute Gasteiger partial charge is 0.329 e. The first-order chi connectivity index (χ1) is 10.1. The van der Waals surface area contributed by atoms with Gasteiger partial charge in [0.15, 0.2) is 0 Å². The quantitative estimate of drug-likeness (QED) is 0.610. The molecule has 0 unspecified atom stereocenters. The van der Waals surface area contributed by atoms with Gasteiger partial charge in [-0.3, -0.25) is 0 Å². The monoisotopic (exact) mass is 294 g/mol. The maximum atomic E-state index is 11.6. The summed E-state index contributed by atoms with van der Waals surface area (Å²) in [7, 11) is 0. The Bertz CT molecular complexity index is 445. The summed E-state index contributed by atoms with van der Waals surface area (Å²) in [6.45, 7) is 2.21. The van der Waals surface area contributed by atoms with Crippen molar-refractivity contribution in [1.82, 2.24) is 5.32 Å². The highest BCUT2D eigenvalue weighted by atomic mass is 16.5. The lowest BCUT2D eigenvalue weighted by Gasteiger charge is -2.08. The van der Waals surface area contributed by atoms with E-state index in [1.54, 1.807) is 0 Å². The number of unbranched alkanes of at least 4 members (excludes halogenated alkanes) is 1. The van der Waals surface area contributed by atoms with E-state index in [9.17, 15) is 9.59 Å². The highest BCUT2D eigenvalue weighted by Gasteiger charge is 2.02. The fourth-order valence-corrected chi connectivity index (χ4v) is 1.71. The largest absolute Gasteiger partial charge is 0.480 e. The number of aliphatic carboxylic acids is 1. The normalized spacial score (nSPS) is 10.1. The van der Waals surface area contributed by atoms with Gasteiger partial charge < -0.3 is 20.5 Å². The number of aryl methyl sites for hydroxylation is 1. The van der Waals surface area contributed by atoms with E-state index in [-0.39, 0.29) is 25.8 Å². The number of ether oxygens (including phenoxy) is 1. The van der Waals surface area contributed by atoms with Gasteiger partial charge in [-0.2, -0.15) is 0 Å². The number of nitrogens with one attached hydrogen (secondary N) is 2. The van der Waals surface area contributed by atoms with Crippen LogP contribution in [0.5, 0.6) is 0 Å². The average Bonchev–Trinajstić information content (AvgIpc) is 2.46. The summed E-state index contributed by atoms with van der Waals surface area (Å²) in [5.41, 5.74) is 1.98. The fraction of sp³-hybridized carbons (Fsp3) is 0.467. The molecule has 0 saturated heterocycles. The number of anilines is 1. The molecule has 0 aliphatic carbocycles. The Morgan fingerprint density at radius 1 is 1.24 bits per heavy atom. The molecule has 0 aromatic heterocycles. The van der Waals surface area contributed by atoms with Gasteiger partial charge in [-0.1, -0.05) is 25.5 Å². The minimum Gasteiger partial charge on any atom is -0.480 e. The SMILES string of the molecule is CCCCc1ccc(NC(=O)NCCOCC(=O)O)cc1. The summed E-state index contributed by atoms with van der Waals surface area (Å²) >= 11 is 0. The summed E-state index contributed by atoms with van der Waals surface area (Å²) < 4.78 is 4.81. The zero-order valence-corrected chi connectivity index (χ0v) is 12.2. The maximum absolute atomic E-state index is 11.6. The molecule has 1 aromatic rings. The molecule has 6 nitrogen and oxygen atoms in total. The molecule has 0 saturated carbocycles. The predicted molar refractivity (Wildman–Crippen MR) is 80.5 cm³/mol. The molecular formula is C15H22N2O4. The molecule has 116 valence electrons. The van der Waals surface area contributed by atoms with Gasteiger partial charge in [0, 0.05) is 12.2 Å². The van der Waals surface area contributed by atoms with Crippen molar-refractivity contribution < 1.29 is 19.4 Å². The van der Waals surface area contributed by atoms with Crippen LogP contribution in [0.25, 0.3) is 0 Å². The Hall–Kier alpha value is -2.08. The summed E-state index contributed by atoms with van der Waals surface area (Å²) in [6.07, 6.45) is 3.36. The molecule has 21 heavy (non-hydrogen) atoms. The van der Waals surface area contributed by atoms with Crippen molar-refractivity contribution in [2.24, 2.45) is 0 Å². The van der Waals surface area contributed by atoms with E-state index in [0.29, 0.717) is 0 Å². The Morgan fingerprint density at radius 3 is 2.57 bits per heavy atom. The van der Waals surface area contributed by atoms with Gasteiger partial charge in [-0.25, -0.2) is 9.59 Å². The van der Waals surface area contributed by atoms with Crippen LogP contribution in [0.4, 0.5) is 10.5 Å².